The van der Waals surface area contributed by atoms with Gasteiger partial charge in [-0.2, -0.15) is 5.26 Å². The minimum absolute atomic E-state index is 0.142. The molecule has 1 rings (SSSR count). The van der Waals surface area contributed by atoms with Crippen LogP contribution in [0.3, 0.4) is 0 Å². The Morgan fingerprint density at radius 2 is 1.85 bits per heavy atom. The van der Waals surface area contributed by atoms with E-state index in [4.69, 9.17) is 14.7 Å². The molecule has 1 aromatic carbocycles. The van der Waals surface area contributed by atoms with Crippen molar-refractivity contribution in [1.82, 2.24) is 0 Å². The summed E-state index contributed by atoms with van der Waals surface area (Å²) in [6.45, 7) is 6.39. The van der Waals surface area contributed by atoms with Crippen molar-refractivity contribution in [2.75, 3.05) is 20.3 Å². The van der Waals surface area contributed by atoms with Gasteiger partial charge in [0, 0.05) is 7.11 Å². The molecule has 0 atom stereocenters. The molecular formula is C16H21NO3. The van der Waals surface area contributed by atoms with Crippen LogP contribution >= 0.6 is 0 Å². The molecule has 0 aliphatic rings. The second kappa shape index (κ2) is 10.8. The van der Waals surface area contributed by atoms with E-state index in [1.807, 2.05) is 19.9 Å². The van der Waals surface area contributed by atoms with Crippen LogP contribution in [0.4, 0.5) is 0 Å². The Morgan fingerprint density at radius 1 is 1.25 bits per heavy atom. The van der Waals surface area contributed by atoms with Crippen molar-refractivity contribution in [3.05, 3.63) is 35.4 Å². The third-order valence-corrected chi connectivity index (χ3v) is 2.25. The van der Waals surface area contributed by atoms with Gasteiger partial charge in [-0.25, -0.2) is 0 Å². The molecule has 0 amide bonds. The van der Waals surface area contributed by atoms with E-state index in [0.717, 1.165) is 11.3 Å². The van der Waals surface area contributed by atoms with Crippen LogP contribution < -0.4 is 4.74 Å². The van der Waals surface area contributed by atoms with E-state index in [-0.39, 0.29) is 11.4 Å². The zero-order valence-electron chi connectivity index (χ0n) is 12.5. The fourth-order valence-corrected chi connectivity index (χ4v) is 1.28. The fraction of sp³-hybridized carbons (Fsp3) is 0.375. The van der Waals surface area contributed by atoms with Crippen LogP contribution in [0.5, 0.6) is 5.75 Å². The molecule has 20 heavy (non-hydrogen) atoms. The van der Waals surface area contributed by atoms with Crippen LogP contribution in [-0.4, -0.2) is 26.1 Å². The maximum Gasteiger partial charge on any atom is 0.170 e. The summed E-state index contributed by atoms with van der Waals surface area (Å²) in [4.78, 5) is 11.1. The lowest BCUT2D eigenvalue weighted by Crippen LogP contribution is -2.03. The largest absolute Gasteiger partial charge is 0.491 e. The zero-order valence-corrected chi connectivity index (χ0v) is 12.5. The van der Waals surface area contributed by atoms with Gasteiger partial charge < -0.3 is 9.47 Å². The van der Waals surface area contributed by atoms with E-state index in [1.165, 1.54) is 6.92 Å². The highest BCUT2D eigenvalue weighted by atomic mass is 16.5. The fourth-order valence-electron chi connectivity index (χ4n) is 1.28. The molecule has 0 aromatic heterocycles. The first-order chi connectivity index (χ1) is 9.67. The average molecular weight is 275 g/mol. The number of methoxy groups -OCH3 is 1. The monoisotopic (exact) mass is 275 g/mol. The standard InChI is InChI=1S/C14H15NO3.C2H6/c1-11(16)13(10-15)9-12-3-5-14(6-4-12)18-8-7-17-2;1-2/h3-6,9H,7-8H2,1-2H3;1-2H3/b13-9+;. The van der Waals surface area contributed by atoms with Crippen LogP contribution in [0.1, 0.15) is 26.3 Å². The number of hydrogen-bond acceptors (Lipinski definition) is 4. The number of ketones is 1. The number of allylic oxidation sites excluding steroid dienone is 1. The van der Waals surface area contributed by atoms with E-state index < -0.39 is 0 Å². The van der Waals surface area contributed by atoms with Crippen molar-refractivity contribution in [2.24, 2.45) is 0 Å². The lowest BCUT2D eigenvalue weighted by atomic mass is 10.1. The molecule has 0 bridgehead atoms. The van der Waals surface area contributed by atoms with Crippen molar-refractivity contribution < 1.29 is 14.3 Å². The highest BCUT2D eigenvalue weighted by Gasteiger charge is 2.02. The number of carbonyl (C=O) groups excluding carboxylic acids is 1. The number of nitrogens with zero attached hydrogens (tertiary/aromatic N) is 1. The number of nitriles is 1. The molecule has 0 fully saturated rings. The van der Waals surface area contributed by atoms with E-state index in [2.05, 4.69) is 0 Å². The van der Waals surface area contributed by atoms with Crippen molar-refractivity contribution in [2.45, 2.75) is 20.8 Å². The minimum atomic E-state index is -0.238. The number of benzene rings is 1. The number of hydrogen-bond donors (Lipinski definition) is 0. The quantitative estimate of drug-likeness (QED) is 0.454. The van der Waals surface area contributed by atoms with Gasteiger partial charge in [0.2, 0.25) is 0 Å². The van der Waals surface area contributed by atoms with Crippen LogP contribution in [-0.2, 0) is 9.53 Å². The van der Waals surface area contributed by atoms with Gasteiger partial charge in [-0.1, -0.05) is 26.0 Å². The number of rotatable bonds is 6. The molecule has 0 aliphatic carbocycles. The summed E-state index contributed by atoms with van der Waals surface area (Å²) in [6, 6.07) is 9.04. The van der Waals surface area contributed by atoms with E-state index >= 15 is 0 Å². The molecule has 4 heteroatoms. The van der Waals surface area contributed by atoms with Crippen LogP contribution in [0, 0.1) is 11.3 Å². The molecular weight excluding hydrogens is 254 g/mol. The topological polar surface area (TPSA) is 59.3 Å². The predicted molar refractivity (Wildman–Crippen MR) is 79.4 cm³/mol. The summed E-state index contributed by atoms with van der Waals surface area (Å²) >= 11 is 0. The Hall–Kier alpha value is -2.12. The van der Waals surface area contributed by atoms with E-state index in [0.29, 0.717) is 13.2 Å². The zero-order chi connectivity index (χ0) is 15.4. The molecule has 0 spiro atoms. The molecule has 0 saturated heterocycles. The molecule has 0 heterocycles. The maximum absolute atomic E-state index is 11.1. The van der Waals surface area contributed by atoms with Crippen molar-refractivity contribution in [3.63, 3.8) is 0 Å². The highest BCUT2D eigenvalue weighted by Crippen LogP contribution is 2.14. The molecule has 0 N–H and O–H groups in total. The number of Topliss-reactive ketones (excluding diaryl/α,β-unsaturated/α-hetero) is 1. The lowest BCUT2D eigenvalue weighted by Gasteiger charge is -2.05. The maximum atomic E-state index is 11.1. The lowest BCUT2D eigenvalue weighted by molar-refractivity contribution is -0.113. The molecule has 4 nitrogen and oxygen atoms in total. The summed E-state index contributed by atoms with van der Waals surface area (Å²) in [5, 5.41) is 8.78. The van der Waals surface area contributed by atoms with Crippen LogP contribution in [0.25, 0.3) is 6.08 Å². The van der Waals surface area contributed by atoms with Crippen molar-refractivity contribution in [3.8, 4) is 11.8 Å². The summed E-state index contributed by atoms with van der Waals surface area (Å²) in [5.41, 5.74) is 0.934. The van der Waals surface area contributed by atoms with Crippen LogP contribution in [0.2, 0.25) is 0 Å². The van der Waals surface area contributed by atoms with Crippen molar-refractivity contribution >= 4 is 11.9 Å². The summed E-state index contributed by atoms with van der Waals surface area (Å²) in [6.07, 6.45) is 1.56. The van der Waals surface area contributed by atoms with Crippen LogP contribution in [0.15, 0.2) is 29.8 Å². The van der Waals surface area contributed by atoms with E-state index in [1.54, 1.807) is 37.5 Å². The first-order valence-electron chi connectivity index (χ1n) is 6.52. The second-order valence-corrected chi connectivity index (χ2v) is 3.64. The molecule has 0 saturated carbocycles. The van der Waals surface area contributed by atoms with E-state index in [9.17, 15) is 4.79 Å². The van der Waals surface area contributed by atoms with Gasteiger partial charge >= 0.3 is 0 Å². The predicted octanol–water partition coefficient (Wildman–Crippen LogP) is 3.23. The van der Waals surface area contributed by atoms with Gasteiger partial charge in [0.25, 0.3) is 0 Å². The molecule has 108 valence electrons. The molecule has 0 aliphatic heterocycles. The third-order valence-electron chi connectivity index (χ3n) is 2.25. The highest BCUT2D eigenvalue weighted by molar-refractivity contribution is 6.01. The summed E-state index contributed by atoms with van der Waals surface area (Å²) in [7, 11) is 1.61. The normalized spacial score (nSPS) is 10.1. The Labute approximate surface area is 120 Å². The average Bonchev–Trinajstić information content (AvgIpc) is 2.48. The number of ether oxygens (including phenoxy) is 2. The summed E-state index contributed by atoms with van der Waals surface area (Å²) < 4.78 is 10.3. The Kier molecular flexibility index (Phi) is 9.63. The van der Waals surface area contributed by atoms with Gasteiger partial charge in [0.15, 0.2) is 5.78 Å². The van der Waals surface area contributed by atoms with Gasteiger partial charge in [0.05, 0.1) is 12.2 Å². The van der Waals surface area contributed by atoms with Gasteiger partial charge in [0.1, 0.15) is 18.4 Å². The first kappa shape index (κ1) is 17.9. The van der Waals surface area contributed by atoms with Gasteiger partial charge in [-0.3, -0.25) is 4.79 Å². The first-order valence-corrected chi connectivity index (χ1v) is 6.52. The minimum Gasteiger partial charge on any atom is -0.491 e. The molecule has 0 unspecified atom stereocenters. The Bertz CT molecular complexity index is 469. The van der Waals surface area contributed by atoms with Gasteiger partial charge in [-0.05, 0) is 30.7 Å². The second-order valence-electron chi connectivity index (χ2n) is 3.64. The Morgan fingerprint density at radius 3 is 2.30 bits per heavy atom. The number of carbonyl (C=O) groups is 1. The molecule has 1 aromatic rings. The third kappa shape index (κ3) is 6.72. The SMILES string of the molecule is CC.COCCOc1ccc(/C=C(\C#N)C(C)=O)cc1. The smallest absolute Gasteiger partial charge is 0.170 e. The Balaban J connectivity index is 0.00000172. The summed E-state index contributed by atoms with van der Waals surface area (Å²) in [5.74, 6) is 0.489. The van der Waals surface area contributed by atoms with Crippen molar-refractivity contribution in [1.29, 1.82) is 5.26 Å². The van der Waals surface area contributed by atoms with Gasteiger partial charge in [-0.15, -0.1) is 0 Å². The molecule has 0 radical (unpaired) electrons.